The Morgan fingerprint density at radius 3 is 2.33 bits per heavy atom. The standard InChI is InChI=1S/C19H35N3O2/c1-17(2,3)24-16(23)22-12-9-19(6,10-13-22)15-21-14-18(4,5)8-7-11-20/h21H,7-10,12-15H2,1-6H3. The molecule has 1 aliphatic rings. The Bertz CT molecular complexity index is 452. The molecule has 138 valence electrons. The second-order valence-corrected chi connectivity index (χ2v) is 9.20. The highest BCUT2D eigenvalue weighted by Gasteiger charge is 2.33. The van der Waals surface area contributed by atoms with Crippen LogP contribution in [0.5, 0.6) is 0 Å². The number of nitrogens with one attached hydrogen (secondary N) is 1. The van der Waals surface area contributed by atoms with E-state index in [2.05, 4.69) is 32.2 Å². The molecule has 1 rings (SSSR count). The number of rotatable bonds is 6. The summed E-state index contributed by atoms with van der Waals surface area (Å²) in [5, 5.41) is 12.3. The molecule has 0 bridgehead atoms. The summed E-state index contributed by atoms with van der Waals surface area (Å²) in [7, 11) is 0. The van der Waals surface area contributed by atoms with Gasteiger partial charge in [0.2, 0.25) is 0 Å². The summed E-state index contributed by atoms with van der Waals surface area (Å²) < 4.78 is 5.45. The zero-order valence-electron chi connectivity index (χ0n) is 16.4. The summed E-state index contributed by atoms with van der Waals surface area (Å²) in [6.07, 6.45) is 3.29. The third kappa shape index (κ3) is 7.53. The Hall–Kier alpha value is -1.28. The predicted octanol–water partition coefficient (Wildman–Crippen LogP) is 3.94. The second kappa shape index (κ2) is 8.20. The van der Waals surface area contributed by atoms with Gasteiger partial charge in [0.1, 0.15) is 5.60 Å². The fourth-order valence-corrected chi connectivity index (χ4v) is 2.92. The van der Waals surface area contributed by atoms with Gasteiger partial charge in [-0.2, -0.15) is 5.26 Å². The maximum absolute atomic E-state index is 12.1. The van der Waals surface area contributed by atoms with Crippen LogP contribution in [0.3, 0.4) is 0 Å². The van der Waals surface area contributed by atoms with Crippen molar-refractivity contribution in [1.29, 1.82) is 5.26 Å². The summed E-state index contributed by atoms with van der Waals surface area (Å²) >= 11 is 0. The van der Waals surface area contributed by atoms with Gasteiger partial charge >= 0.3 is 6.09 Å². The molecule has 0 spiro atoms. The van der Waals surface area contributed by atoms with E-state index >= 15 is 0 Å². The second-order valence-electron chi connectivity index (χ2n) is 9.20. The molecule has 0 aromatic carbocycles. The smallest absolute Gasteiger partial charge is 0.410 e. The van der Waals surface area contributed by atoms with Crippen LogP contribution in [0.25, 0.3) is 0 Å². The number of ether oxygens (including phenoxy) is 1. The fourth-order valence-electron chi connectivity index (χ4n) is 2.92. The first-order chi connectivity index (χ1) is 11.0. The molecule has 1 amide bonds. The average Bonchev–Trinajstić information content (AvgIpc) is 2.43. The summed E-state index contributed by atoms with van der Waals surface area (Å²) in [6, 6.07) is 2.23. The van der Waals surface area contributed by atoms with Crippen molar-refractivity contribution < 1.29 is 9.53 Å². The van der Waals surface area contributed by atoms with Crippen LogP contribution >= 0.6 is 0 Å². The molecule has 0 aromatic rings. The highest BCUT2D eigenvalue weighted by Crippen LogP contribution is 2.31. The lowest BCUT2D eigenvalue weighted by molar-refractivity contribution is 0.0118. The van der Waals surface area contributed by atoms with Crippen LogP contribution in [0.1, 0.15) is 67.2 Å². The molecule has 5 heteroatoms. The largest absolute Gasteiger partial charge is 0.444 e. The summed E-state index contributed by atoms with van der Waals surface area (Å²) in [6.45, 7) is 15.8. The van der Waals surface area contributed by atoms with E-state index in [9.17, 15) is 4.79 Å². The third-order valence-electron chi connectivity index (χ3n) is 4.69. The number of carbonyl (C=O) groups is 1. The summed E-state index contributed by atoms with van der Waals surface area (Å²) in [5.74, 6) is 0. The van der Waals surface area contributed by atoms with Crippen molar-refractivity contribution in [2.45, 2.75) is 72.8 Å². The fraction of sp³-hybridized carbons (Fsp3) is 0.895. The van der Waals surface area contributed by atoms with Crippen molar-refractivity contribution in [3.05, 3.63) is 0 Å². The van der Waals surface area contributed by atoms with Crippen LogP contribution in [-0.4, -0.2) is 42.8 Å². The molecule has 0 radical (unpaired) electrons. The SMILES string of the molecule is CC(C)(CCC#N)CNCC1(C)CCN(C(=O)OC(C)(C)C)CC1. The number of nitriles is 1. The topological polar surface area (TPSA) is 65.4 Å². The van der Waals surface area contributed by atoms with Gasteiger partial charge in [0.15, 0.2) is 0 Å². The van der Waals surface area contributed by atoms with Gasteiger partial charge in [-0.15, -0.1) is 0 Å². The lowest BCUT2D eigenvalue weighted by Gasteiger charge is -2.40. The van der Waals surface area contributed by atoms with E-state index in [1.54, 1.807) is 0 Å². The molecule has 1 N–H and O–H groups in total. The molecular weight excluding hydrogens is 302 g/mol. The van der Waals surface area contributed by atoms with Gasteiger partial charge in [-0.3, -0.25) is 0 Å². The van der Waals surface area contributed by atoms with Gasteiger partial charge in [-0.05, 0) is 50.9 Å². The van der Waals surface area contributed by atoms with Crippen LogP contribution in [0, 0.1) is 22.2 Å². The highest BCUT2D eigenvalue weighted by molar-refractivity contribution is 5.68. The molecule has 0 saturated carbocycles. The van der Waals surface area contributed by atoms with Crippen molar-refractivity contribution in [3.8, 4) is 6.07 Å². The Morgan fingerprint density at radius 2 is 1.83 bits per heavy atom. The molecular formula is C19H35N3O2. The first kappa shape index (κ1) is 20.8. The molecule has 0 atom stereocenters. The van der Waals surface area contributed by atoms with E-state index in [0.29, 0.717) is 6.42 Å². The quantitative estimate of drug-likeness (QED) is 0.797. The van der Waals surface area contributed by atoms with E-state index in [4.69, 9.17) is 10.00 Å². The van der Waals surface area contributed by atoms with Crippen molar-refractivity contribution in [2.24, 2.45) is 10.8 Å². The van der Waals surface area contributed by atoms with E-state index in [1.807, 2.05) is 25.7 Å². The molecule has 0 aromatic heterocycles. The number of nitrogens with zero attached hydrogens (tertiary/aromatic N) is 2. The van der Waals surface area contributed by atoms with Crippen molar-refractivity contribution >= 4 is 6.09 Å². The van der Waals surface area contributed by atoms with Crippen LogP contribution in [0.2, 0.25) is 0 Å². The van der Waals surface area contributed by atoms with Crippen molar-refractivity contribution in [3.63, 3.8) is 0 Å². The maximum Gasteiger partial charge on any atom is 0.410 e. The van der Waals surface area contributed by atoms with Crippen LogP contribution < -0.4 is 5.32 Å². The van der Waals surface area contributed by atoms with Gasteiger partial charge in [-0.25, -0.2) is 4.79 Å². The van der Waals surface area contributed by atoms with Crippen LogP contribution in [0.15, 0.2) is 0 Å². The molecule has 24 heavy (non-hydrogen) atoms. The lowest BCUT2D eigenvalue weighted by Crippen LogP contribution is -2.47. The minimum absolute atomic E-state index is 0.142. The number of hydrogen-bond donors (Lipinski definition) is 1. The monoisotopic (exact) mass is 337 g/mol. The molecule has 0 aliphatic carbocycles. The van der Waals surface area contributed by atoms with Crippen molar-refractivity contribution in [2.75, 3.05) is 26.2 Å². The molecule has 1 heterocycles. The van der Waals surface area contributed by atoms with Gasteiger partial charge in [0.25, 0.3) is 0 Å². The zero-order valence-corrected chi connectivity index (χ0v) is 16.4. The molecule has 1 saturated heterocycles. The summed E-state index contributed by atoms with van der Waals surface area (Å²) in [5.41, 5.74) is -0.0818. The number of likely N-dealkylation sites (tertiary alicyclic amines) is 1. The maximum atomic E-state index is 12.1. The number of piperidine rings is 1. The molecule has 1 aliphatic heterocycles. The van der Waals surface area contributed by atoms with Gasteiger partial charge in [-0.1, -0.05) is 20.8 Å². The first-order valence-electron chi connectivity index (χ1n) is 9.02. The molecule has 0 unspecified atom stereocenters. The predicted molar refractivity (Wildman–Crippen MR) is 96.6 cm³/mol. The number of amides is 1. The molecule has 1 fully saturated rings. The number of carbonyl (C=O) groups excluding carboxylic acids is 1. The van der Waals surface area contributed by atoms with E-state index in [1.165, 1.54) is 0 Å². The Kier molecular flexibility index (Phi) is 7.10. The Labute approximate surface area is 147 Å². The number of hydrogen-bond acceptors (Lipinski definition) is 4. The van der Waals surface area contributed by atoms with Gasteiger partial charge in [0.05, 0.1) is 6.07 Å². The molecule has 5 nitrogen and oxygen atoms in total. The Balaban J connectivity index is 2.37. The van der Waals surface area contributed by atoms with Crippen LogP contribution in [0.4, 0.5) is 4.79 Å². The zero-order chi connectivity index (χ0) is 18.4. The third-order valence-corrected chi connectivity index (χ3v) is 4.69. The van der Waals surface area contributed by atoms with E-state index < -0.39 is 5.60 Å². The minimum Gasteiger partial charge on any atom is -0.444 e. The summed E-state index contributed by atoms with van der Waals surface area (Å²) in [4.78, 5) is 14.0. The highest BCUT2D eigenvalue weighted by atomic mass is 16.6. The van der Waals surface area contributed by atoms with Crippen molar-refractivity contribution in [1.82, 2.24) is 10.2 Å². The van der Waals surface area contributed by atoms with E-state index in [0.717, 1.165) is 45.4 Å². The first-order valence-corrected chi connectivity index (χ1v) is 9.02. The Morgan fingerprint density at radius 1 is 1.25 bits per heavy atom. The average molecular weight is 338 g/mol. The van der Waals surface area contributed by atoms with Gasteiger partial charge in [0, 0.05) is 32.6 Å². The normalized spacial score (nSPS) is 18.1. The lowest BCUT2D eigenvalue weighted by atomic mass is 9.80. The van der Waals surface area contributed by atoms with E-state index in [-0.39, 0.29) is 16.9 Å². The minimum atomic E-state index is -0.436. The van der Waals surface area contributed by atoms with Gasteiger partial charge < -0.3 is 15.0 Å². The van der Waals surface area contributed by atoms with Crippen LogP contribution in [-0.2, 0) is 4.74 Å².